The summed E-state index contributed by atoms with van der Waals surface area (Å²) in [5, 5.41) is 2.87. The normalized spacial score (nSPS) is 23.8. The van der Waals surface area contributed by atoms with Crippen LogP contribution < -0.4 is 10.2 Å². The Morgan fingerprint density at radius 3 is 2.33 bits per heavy atom. The predicted octanol–water partition coefficient (Wildman–Crippen LogP) is 0.882. The summed E-state index contributed by atoms with van der Waals surface area (Å²) >= 11 is 0. The molecule has 1 fully saturated rings. The highest BCUT2D eigenvalue weighted by atomic mass is 16.5. The molecule has 24 heavy (non-hydrogen) atoms. The number of morpholine rings is 1. The zero-order valence-electron chi connectivity index (χ0n) is 14.8. The van der Waals surface area contributed by atoms with E-state index in [2.05, 4.69) is 5.32 Å². The Labute approximate surface area is 143 Å². The molecule has 1 saturated heterocycles. The third kappa shape index (κ3) is 5.62. The van der Waals surface area contributed by atoms with Crippen LogP contribution >= 0.6 is 0 Å². The Morgan fingerprint density at radius 1 is 1.21 bits per heavy atom. The molecule has 0 bridgehead atoms. The number of anilines is 1. The van der Waals surface area contributed by atoms with Gasteiger partial charge in [-0.15, -0.1) is 0 Å². The van der Waals surface area contributed by atoms with Crippen LogP contribution in [0.3, 0.4) is 0 Å². The second-order valence-corrected chi connectivity index (χ2v) is 6.67. The molecular weight excluding hydrogens is 308 g/mol. The summed E-state index contributed by atoms with van der Waals surface area (Å²) in [6, 6.07) is 6.75. The van der Waals surface area contributed by atoms with Crippen molar-refractivity contribution in [3.8, 4) is 0 Å². The minimum atomic E-state index is -0.358. The number of ether oxygens (including phenoxy) is 2. The number of hydrogen-bond acceptors (Lipinski definition) is 4. The molecule has 1 aromatic rings. The van der Waals surface area contributed by atoms with Crippen molar-refractivity contribution < 1.29 is 24.0 Å². The van der Waals surface area contributed by atoms with Gasteiger partial charge in [0, 0.05) is 5.69 Å². The van der Waals surface area contributed by atoms with Gasteiger partial charge in [-0.1, -0.05) is 0 Å². The van der Waals surface area contributed by atoms with Crippen LogP contribution in [0.5, 0.6) is 0 Å². The molecular formula is C18H27N2O4+. The molecule has 0 radical (unpaired) electrons. The third-order valence-electron chi connectivity index (χ3n) is 3.77. The van der Waals surface area contributed by atoms with Gasteiger partial charge in [-0.05, 0) is 52.0 Å². The molecule has 1 aliphatic heterocycles. The Hall–Kier alpha value is -1.92. The van der Waals surface area contributed by atoms with Gasteiger partial charge in [0.1, 0.15) is 25.3 Å². The summed E-state index contributed by atoms with van der Waals surface area (Å²) in [5.74, 6) is -0.396. The van der Waals surface area contributed by atoms with E-state index < -0.39 is 0 Å². The predicted molar refractivity (Wildman–Crippen MR) is 91.2 cm³/mol. The molecule has 0 saturated carbocycles. The Morgan fingerprint density at radius 2 is 1.79 bits per heavy atom. The fourth-order valence-electron chi connectivity index (χ4n) is 2.94. The van der Waals surface area contributed by atoms with Gasteiger partial charge < -0.3 is 19.7 Å². The van der Waals surface area contributed by atoms with Crippen LogP contribution in [0, 0.1) is 0 Å². The van der Waals surface area contributed by atoms with Gasteiger partial charge in [-0.3, -0.25) is 4.79 Å². The first kappa shape index (κ1) is 18.4. The molecule has 0 unspecified atom stereocenters. The van der Waals surface area contributed by atoms with E-state index in [9.17, 15) is 9.59 Å². The average Bonchev–Trinajstić information content (AvgIpc) is 2.45. The van der Waals surface area contributed by atoms with Gasteiger partial charge in [-0.2, -0.15) is 0 Å². The van der Waals surface area contributed by atoms with Crippen molar-refractivity contribution in [1.29, 1.82) is 0 Å². The standard InChI is InChI=1S/C18H26N2O4/c1-12(2)23-18(22)15-5-7-16(8-6-15)19-17(21)11-20-9-13(3)24-14(4)10-20/h5-8,12-14H,9-11H2,1-4H3,(H,19,21)/p+1/t13-,14-/m1/s1. The molecule has 1 aromatic carbocycles. The number of rotatable bonds is 5. The highest BCUT2D eigenvalue weighted by Gasteiger charge is 2.27. The monoisotopic (exact) mass is 335 g/mol. The lowest BCUT2D eigenvalue weighted by Crippen LogP contribution is -3.16. The average molecular weight is 335 g/mol. The largest absolute Gasteiger partial charge is 0.459 e. The zero-order chi connectivity index (χ0) is 17.7. The molecule has 2 rings (SSSR count). The third-order valence-corrected chi connectivity index (χ3v) is 3.77. The van der Waals surface area contributed by atoms with Gasteiger partial charge in [0.15, 0.2) is 6.54 Å². The quantitative estimate of drug-likeness (QED) is 0.784. The summed E-state index contributed by atoms with van der Waals surface area (Å²) in [7, 11) is 0. The number of benzene rings is 1. The van der Waals surface area contributed by atoms with E-state index in [4.69, 9.17) is 9.47 Å². The van der Waals surface area contributed by atoms with Crippen molar-refractivity contribution in [2.45, 2.75) is 46.0 Å². The van der Waals surface area contributed by atoms with E-state index in [1.807, 2.05) is 27.7 Å². The van der Waals surface area contributed by atoms with E-state index in [-0.39, 0.29) is 30.2 Å². The molecule has 0 spiro atoms. The first-order valence-corrected chi connectivity index (χ1v) is 8.43. The van der Waals surface area contributed by atoms with Gasteiger partial charge in [0.2, 0.25) is 0 Å². The number of hydrogen-bond donors (Lipinski definition) is 2. The first-order chi connectivity index (χ1) is 11.3. The van der Waals surface area contributed by atoms with E-state index in [0.29, 0.717) is 17.8 Å². The summed E-state index contributed by atoms with van der Waals surface area (Å²) in [4.78, 5) is 25.2. The van der Waals surface area contributed by atoms with Crippen LogP contribution in [0.15, 0.2) is 24.3 Å². The summed E-state index contributed by atoms with van der Waals surface area (Å²) in [6.45, 7) is 9.75. The Balaban J connectivity index is 1.86. The minimum absolute atomic E-state index is 0.0381. The fourth-order valence-corrected chi connectivity index (χ4v) is 2.94. The van der Waals surface area contributed by atoms with E-state index in [1.165, 1.54) is 4.90 Å². The van der Waals surface area contributed by atoms with E-state index in [1.54, 1.807) is 24.3 Å². The molecule has 0 aromatic heterocycles. The van der Waals surface area contributed by atoms with Gasteiger partial charge >= 0.3 is 5.97 Å². The Kier molecular flexibility index (Phi) is 6.34. The lowest BCUT2D eigenvalue weighted by molar-refractivity contribution is -0.907. The van der Waals surface area contributed by atoms with Crippen LogP contribution in [0.1, 0.15) is 38.1 Å². The molecule has 2 atom stereocenters. The van der Waals surface area contributed by atoms with Crippen molar-refractivity contribution in [2.24, 2.45) is 0 Å². The smallest absolute Gasteiger partial charge is 0.338 e. The van der Waals surface area contributed by atoms with Crippen LogP contribution in [0.25, 0.3) is 0 Å². The van der Waals surface area contributed by atoms with Gasteiger partial charge in [0.05, 0.1) is 11.7 Å². The fraction of sp³-hybridized carbons (Fsp3) is 0.556. The summed E-state index contributed by atoms with van der Waals surface area (Å²) < 4.78 is 10.8. The van der Waals surface area contributed by atoms with Crippen LogP contribution in [-0.2, 0) is 14.3 Å². The highest BCUT2D eigenvalue weighted by molar-refractivity contribution is 5.93. The summed E-state index contributed by atoms with van der Waals surface area (Å²) in [5.41, 5.74) is 1.15. The van der Waals surface area contributed by atoms with Crippen LogP contribution in [0.2, 0.25) is 0 Å². The molecule has 132 valence electrons. The van der Waals surface area contributed by atoms with Crippen molar-refractivity contribution >= 4 is 17.6 Å². The molecule has 2 N–H and O–H groups in total. The van der Waals surface area contributed by atoms with E-state index >= 15 is 0 Å². The molecule has 6 nitrogen and oxygen atoms in total. The SMILES string of the molecule is CC(C)OC(=O)c1ccc(NC(=O)C[NH+]2C[C@@H](C)O[C@H](C)C2)cc1. The molecule has 1 heterocycles. The lowest BCUT2D eigenvalue weighted by Gasteiger charge is -2.31. The number of carbonyl (C=O) groups is 2. The van der Waals surface area contributed by atoms with Crippen molar-refractivity contribution in [1.82, 2.24) is 0 Å². The maximum Gasteiger partial charge on any atom is 0.338 e. The van der Waals surface area contributed by atoms with Gasteiger partial charge in [-0.25, -0.2) is 4.79 Å². The molecule has 6 heteroatoms. The van der Waals surface area contributed by atoms with Crippen molar-refractivity contribution in [3.63, 3.8) is 0 Å². The zero-order valence-corrected chi connectivity index (χ0v) is 14.8. The second kappa shape index (κ2) is 8.26. The van der Waals surface area contributed by atoms with Crippen molar-refractivity contribution in [3.05, 3.63) is 29.8 Å². The van der Waals surface area contributed by atoms with Crippen LogP contribution in [0.4, 0.5) is 5.69 Å². The molecule has 1 amide bonds. The van der Waals surface area contributed by atoms with E-state index in [0.717, 1.165) is 13.1 Å². The minimum Gasteiger partial charge on any atom is -0.459 e. The maximum absolute atomic E-state index is 12.2. The van der Waals surface area contributed by atoms with Crippen LogP contribution in [-0.4, -0.2) is 49.8 Å². The number of amides is 1. The van der Waals surface area contributed by atoms with Gasteiger partial charge in [0.25, 0.3) is 5.91 Å². The number of quaternary nitrogens is 1. The Bertz CT molecular complexity index is 561. The first-order valence-electron chi connectivity index (χ1n) is 8.43. The maximum atomic E-state index is 12.2. The molecule has 0 aliphatic carbocycles. The molecule has 1 aliphatic rings. The van der Waals surface area contributed by atoms with Crippen molar-refractivity contribution in [2.75, 3.05) is 25.0 Å². The lowest BCUT2D eigenvalue weighted by atomic mass is 10.2. The summed E-state index contributed by atoms with van der Waals surface area (Å²) in [6.07, 6.45) is 0.184. The second-order valence-electron chi connectivity index (χ2n) is 6.67. The number of nitrogens with one attached hydrogen (secondary N) is 2. The topological polar surface area (TPSA) is 69.1 Å². The number of carbonyl (C=O) groups excluding carboxylic acids is 2. The highest BCUT2D eigenvalue weighted by Crippen LogP contribution is 2.11. The number of esters is 1.